The minimum atomic E-state index is 0. The van der Waals surface area contributed by atoms with Crippen molar-refractivity contribution in [1.82, 2.24) is 15.5 Å². The summed E-state index contributed by atoms with van der Waals surface area (Å²) in [5, 5.41) is 7.02. The van der Waals surface area contributed by atoms with Crippen molar-refractivity contribution in [2.24, 2.45) is 4.99 Å². The Labute approximate surface area is 208 Å². The van der Waals surface area contributed by atoms with Crippen molar-refractivity contribution in [3.63, 3.8) is 0 Å². The molecule has 2 aromatic carbocycles. The van der Waals surface area contributed by atoms with Gasteiger partial charge in [-0.15, -0.1) is 24.0 Å². The summed E-state index contributed by atoms with van der Waals surface area (Å²) in [6, 6.07) is 15.5. The first kappa shape index (κ1) is 24.8. The fourth-order valence-electron chi connectivity index (χ4n) is 4.51. The van der Waals surface area contributed by atoms with Gasteiger partial charge in [0.15, 0.2) is 5.96 Å². The van der Waals surface area contributed by atoms with Crippen LogP contribution < -0.4 is 15.4 Å². The quantitative estimate of drug-likeness (QED) is 0.314. The maximum Gasteiger partial charge on any atom is 0.191 e. The number of halogens is 1. The Kier molecular flexibility index (Phi) is 9.62. The number of aliphatic imine (C=N–C) groups is 1. The summed E-state index contributed by atoms with van der Waals surface area (Å²) in [6.45, 7) is 4.96. The molecular weight excluding hydrogens is 515 g/mol. The molecule has 174 valence electrons. The molecule has 2 aromatic rings. The second-order valence-corrected chi connectivity index (χ2v) is 8.20. The highest BCUT2D eigenvalue weighted by molar-refractivity contribution is 14.0. The minimum Gasteiger partial charge on any atom is -0.497 e. The maximum atomic E-state index is 5.57. The molecule has 0 radical (unpaired) electrons. The van der Waals surface area contributed by atoms with E-state index in [1.165, 1.54) is 41.5 Å². The van der Waals surface area contributed by atoms with E-state index in [2.05, 4.69) is 50.9 Å². The Morgan fingerprint density at radius 2 is 1.81 bits per heavy atom. The highest BCUT2D eigenvalue weighted by Gasteiger charge is 2.23. The molecule has 1 saturated heterocycles. The largest absolute Gasteiger partial charge is 0.497 e. The van der Waals surface area contributed by atoms with E-state index in [1.807, 2.05) is 19.2 Å². The van der Waals surface area contributed by atoms with E-state index in [4.69, 9.17) is 9.47 Å². The SMILES string of the molecule is CN=C(NCc1ccc2c(c1)CCC2)NCC(c1ccc(OC)cc1)N1CCOCC1.I. The van der Waals surface area contributed by atoms with Gasteiger partial charge in [-0.3, -0.25) is 9.89 Å². The molecule has 2 aliphatic rings. The molecule has 0 amide bonds. The zero-order valence-corrected chi connectivity index (χ0v) is 21.4. The van der Waals surface area contributed by atoms with E-state index >= 15 is 0 Å². The number of methoxy groups -OCH3 is 1. The summed E-state index contributed by atoms with van der Waals surface area (Å²) in [5.74, 6) is 1.71. The van der Waals surface area contributed by atoms with Crippen molar-refractivity contribution < 1.29 is 9.47 Å². The number of morpholine rings is 1. The Bertz CT molecular complexity index is 882. The van der Waals surface area contributed by atoms with Crippen LogP contribution in [0.4, 0.5) is 0 Å². The Morgan fingerprint density at radius 1 is 1.06 bits per heavy atom. The molecule has 6 nitrogen and oxygen atoms in total. The van der Waals surface area contributed by atoms with Crippen molar-refractivity contribution in [3.05, 3.63) is 64.7 Å². The summed E-state index contributed by atoms with van der Waals surface area (Å²) in [7, 11) is 3.53. The van der Waals surface area contributed by atoms with Crippen LogP contribution in [0.1, 0.15) is 34.7 Å². The minimum absolute atomic E-state index is 0. The van der Waals surface area contributed by atoms with E-state index < -0.39 is 0 Å². The van der Waals surface area contributed by atoms with Crippen LogP contribution >= 0.6 is 24.0 Å². The van der Waals surface area contributed by atoms with Crippen molar-refractivity contribution in [3.8, 4) is 5.75 Å². The second kappa shape index (κ2) is 12.4. The number of benzene rings is 2. The number of ether oxygens (including phenoxy) is 2. The van der Waals surface area contributed by atoms with Gasteiger partial charge in [-0.2, -0.15) is 0 Å². The van der Waals surface area contributed by atoms with Gasteiger partial charge in [0.05, 0.1) is 26.4 Å². The summed E-state index contributed by atoms with van der Waals surface area (Å²) in [5.41, 5.74) is 5.60. The fraction of sp³-hybridized carbons (Fsp3) is 0.480. The average Bonchev–Trinajstić information content (AvgIpc) is 3.30. The highest BCUT2D eigenvalue weighted by Crippen LogP contribution is 2.24. The zero-order valence-electron chi connectivity index (χ0n) is 19.1. The third-order valence-electron chi connectivity index (χ3n) is 6.30. The van der Waals surface area contributed by atoms with E-state index in [1.54, 1.807) is 7.11 Å². The molecule has 0 saturated carbocycles. The van der Waals surface area contributed by atoms with Gasteiger partial charge in [-0.25, -0.2) is 0 Å². The molecule has 1 atom stereocenters. The van der Waals surface area contributed by atoms with Crippen LogP contribution in [-0.4, -0.2) is 57.9 Å². The van der Waals surface area contributed by atoms with Crippen LogP contribution in [0.25, 0.3) is 0 Å². The number of aryl methyl sites for hydroxylation is 2. The van der Waals surface area contributed by atoms with Gasteiger partial charge in [-0.1, -0.05) is 30.3 Å². The summed E-state index contributed by atoms with van der Waals surface area (Å²) >= 11 is 0. The smallest absolute Gasteiger partial charge is 0.191 e. The first-order valence-electron chi connectivity index (χ1n) is 11.3. The van der Waals surface area contributed by atoms with E-state index in [-0.39, 0.29) is 30.0 Å². The first-order chi connectivity index (χ1) is 15.3. The highest BCUT2D eigenvalue weighted by atomic mass is 127. The lowest BCUT2D eigenvalue weighted by atomic mass is 10.0. The maximum absolute atomic E-state index is 5.57. The molecule has 1 aliphatic carbocycles. The van der Waals surface area contributed by atoms with Gasteiger partial charge in [0.2, 0.25) is 0 Å². The lowest BCUT2D eigenvalue weighted by Gasteiger charge is -2.35. The number of guanidine groups is 1. The van der Waals surface area contributed by atoms with Crippen LogP contribution in [0.3, 0.4) is 0 Å². The van der Waals surface area contributed by atoms with Crippen LogP contribution in [0.5, 0.6) is 5.75 Å². The third-order valence-corrected chi connectivity index (χ3v) is 6.30. The van der Waals surface area contributed by atoms with Crippen molar-refractivity contribution >= 4 is 29.9 Å². The lowest BCUT2D eigenvalue weighted by molar-refractivity contribution is 0.0170. The topological polar surface area (TPSA) is 58.1 Å². The molecule has 4 rings (SSSR count). The Morgan fingerprint density at radius 3 is 2.53 bits per heavy atom. The first-order valence-corrected chi connectivity index (χ1v) is 11.3. The molecule has 0 bridgehead atoms. The Balaban J connectivity index is 0.00000289. The second-order valence-electron chi connectivity index (χ2n) is 8.20. The predicted molar refractivity (Wildman–Crippen MR) is 140 cm³/mol. The van der Waals surface area contributed by atoms with Crippen molar-refractivity contribution in [2.45, 2.75) is 31.8 Å². The molecular formula is C25H35IN4O2. The van der Waals surface area contributed by atoms with Gasteiger partial charge >= 0.3 is 0 Å². The summed E-state index contributed by atoms with van der Waals surface area (Å²) in [6.07, 6.45) is 3.71. The molecule has 1 unspecified atom stereocenters. The van der Waals surface area contributed by atoms with E-state index in [0.29, 0.717) is 0 Å². The molecule has 2 N–H and O–H groups in total. The number of fused-ring (bicyclic) bond motifs is 1. The van der Waals surface area contributed by atoms with Crippen LogP contribution in [0.15, 0.2) is 47.5 Å². The van der Waals surface area contributed by atoms with Gasteiger partial charge in [0, 0.05) is 33.2 Å². The van der Waals surface area contributed by atoms with Crippen LogP contribution in [-0.2, 0) is 24.1 Å². The standard InChI is InChI=1S/C25H34N4O2.HI/c1-26-25(27-17-19-6-7-20-4-3-5-22(20)16-19)28-18-24(29-12-14-31-15-13-29)21-8-10-23(30-2)11-9-21;/h6-11,16,24H,3-5,12-15,17-18H2,1-2H3,(H2,26,27,28);1H. The third kappa shape index (κ3) is 6.36. The van der Waals surface area contributed by atoms with Gasteiger partial charge in [0.1, 0.15) is 5.75 Å². The Hall–Kier alpha value is -1.84. The molecule has 1 fully saturated rings. The molecule has 0 aromatic heterocycles. The fourth-order valence-corrected chi connectivity index (χ4v) is 4.51. The van der Waals surface area contributed by atoms with E-state index in [9.17, 15) is 0 Å². The van der Waals surface area contributed by atoms with Crippen molar-refractivity contribution in [2.75, 3.05) is 47.0 Å². The van der Waals surface area contributed by atoms with Crippen molar-refractivity contribution in [1.29, 1.82) is 0 Å². The number of nitrogens with zero attached hydrogens (tertiary/aromatic N) is 2. The predicted octanol–water partition coefficient (Wildman–Crippen LogP) is 3.54. The van der Waals surface area contributed by atoms with Gasteiger partial charge in [0.25, 0.3) is 0 Å². The summed E-state index contributed by atoms with van der Waals surface area (Å²) < 4.78 is 10.9. The number of rotatable bonds is 7. The van der Waals surface area contributed by atoms with Gasteiger partial charge in [-0.05, 0) is 53.6 Å². The molecule has 32 heavy (non-hydrogen) atoms. The van der Waals surface area contributed by atoms with Crippen LogP contribution in [0, 0.1) is 0 Å². The molecule has 0 spiro atoms. The van der Waals surface area contributed by atoms with Gasteiger partial charge < -0.3 is 20.1 Å². The zero-order chi connectivity index (χ0) is 21.5. The van der Waals surface area contributed by atoms with Crippen LogP contribution in [0.2, 0.25) is 0 Å². The molecule has 1 aliphatic heterocycles. The normalized spacial score (nSPS) is 17.2. The molecule has 7 heteroatoms. The average molecular weight is 550 g/mol. The molecule has 1 heterocycles. The summed E-state index contributed by atoms with van der Waals surface area (Å²) in [4.78, 5) is 6.92. The monoisotopic (exact) mass is 550 g/mol. The number of nitrogens with one attached hydrogen (secondary N) is 2. The number of hydrogen-bond donors (Lipinski definition) is 2. The number of hydrogen-bond acceptors (Lipinski definition) is 4. The lowest BCUT2D eigenvalue weighted by Crippen LogP contribution is -2.46. The van der Waals surface area contributed by atoms with E-state index in [0.717, 1.165) is 51.1 Å².